The van der Waals surface area contributed by atoms with Gasteiger partial charge in [-0.1, -0.05) is 80.6 Å². The first-order valence-corrected chi connectivity index (χ1v) is 10.2. The first-order chi connectivity index (χ1) is 12.3. The Morgan fingerprint density at radius 1 is 1.11 bits per heavy atom. The molecule has 0 fully saturated rings. The molecule has 3 amide bonds. The summed E-state index contributed by atoms with van der Waals surface area (Å²) in [5, 5.41) is 11.6. The molecule has 5 nitrogen and oxygen atoms in total. The second-order valence-electron chi connectivity index (χ2n) is 6.28. The maximum atomic E-state index is 11.3. The Balaban J connectivity index is -0.000000198. The fourth-order valence-corrected chi connectivity index (χ4v) is 2.54. The van der Waals surface area contributed by atoms with E-state index in [-0.39, 0.29) is 57.6 Å². The summed E-state index contributed by atoms with van der Waals surface area (Å²) >= 11 is 3.26. The molecule has 4 N–H and O–H groups in total. The predicted octanol–water partition coefficient (Wildman–Crippen LogP) is 4.88. The average Bonchev–Trinajstić information content (AvgIpc) is 2.62. The summed E-state index contributed by atoms with van der Waals surface area (Å²) in [6, 6.07) is 6.82. The summed E-state index contributed by atoms with van der Waals surface area (Å²) in [6.45, 7) is 5.95. The topological polar surface area (TPSA) is 92.4 Å². The molecule has 152 valence electrons. The van der Waals surface area contributed by atoms with Crippen molar-refractivity contribution in [2.24, 2.45) is 5.73 Å². The maximum absolute atomic E-state index is 11.3. The number of unbranched alkanes of at least 4 members (excludes halogenated alkanes) is 4. The molecule has 7 heteroatoms. The minimum absolute atomic E-state index is 0. The van der Waals surface area contributed by atoms with Crippen LogP contribution in [-0.2, 0) is 11.2 Å². The van der Waals surface area contributed by atoms with E-state index in [0.717, 1.165) is 12.0 Å². The molecule has 0 unspecified atom stereocenters. The molecule has 0 saturated heterocycles. The molecule has 0 aliphatic heterocycles. The first kappa shape index (κ1) is 29.2. The van der Waals surface area contributed by atoms with Crippen molar-refractivity contribution in [2.45, 2.75) is 76.5 Å². The van der Waals surface area contributed by atoms with Crippen LogP contribution in [-0.4, -0.2) is 70.3 Å². The average molecular weight is 569 g/mol. The number of hydrogen-bond acceptors (Lipinski definition) is 3. The molecule has 0 heterocycles. The number of nitrogens with one attached hydrogen (secondary N) is 1. The second-order valence-corrected chi connectivity index (χ2v) is 7.80. The van der Waals surface area contributed by atoms with Gasteiger partial charge in [-0.25, -0.2) is 4.79 Å². The van der Waals surface area contributed by atoms with Gasteiger partial charge in [0.15, 0.2) is 0 Å². The zero-order valence-electron chi connectivity index (χ0n) is 18.9. The van der Waals surface area contributed by atoms with Gasteiger partial charge in [0.25, 0.3) is 0 Å². The number of urea groups is 1. The van der Waals surface area contributed by atoms with Gasteiger partial charge in [-0.15, -0.1) is 0 Å². The largest absolute Gasteiger partial charge is 2.00 e. The molecular weight excluding hydrogens is 533 g/mol. The van der Waals surface area contributed by atoms with Crippen LogP contribution in [0.4, 0.5) is 4.79 Å². The van der Waals surface area contributed by atoms with Gasteiger partial charge in [0.2, 0.25) is 5.91 Å². The number of amides is 3. The van der Waals surface area contributed by atoms with Crippen LogP contribution in [0, 0.1) is 0 Å². The molecule has 0 aliphatic carbocycles. The van der Waals surface area contributed by atoms with E-state index < -0.39 is 10.4 Å². The fourth-order valence-electron chi connectivity index (χ4n) is 2.44. The zero-order valence-corrected chi connectivity index (χ0v) is 22.9. The Hall–Kier alpha value is 0.0114. The van der Waals surface area contributed by atoms with Gasteiger partial charge in [-0.05, 0) is 37.3 Å². The minimum Gasteiger partial charge on any atom is -1.00 e. The molecule has 1 aromatic rings. The van der Waals surface area contributed by atoms with E-state index in [2.05, 4.69) is 22.9 Å². The second kappa shape index (κ2) is 16.9. The van der Waals surface area contributed by atoms with E-state index in [0.29, 0.717) is 18.6 Å². The molecule has 0 radical (unpaired) electrons. The Labute approximate surface area is 215 Å². The molecule has 0 aromatic heterocycles. The Bertz CT molecular complexity index is 562. The van der Waals surface area contributed by atoms with E-state index in [1.807, 2.05) is 37.4 Å². The Kier molecular flexibility index (Phi) is 18.3. The van der Waals surface area contributed by atoms with E-state index in [1.165, 1.54) is 32.1 Å². The molecule has 0 spiro atoms. The van der Waals surface area contributed by atoms with Crippen molar-refractivity contribution >= 4 is 76.7 Å². The number of aromatic hydroxyl groups is 1. The van der Waals surface area contributed by atoms with Crippen molar-refractivity contribution in [3.8, 4) is 5.75 Å². The van der Waals surface area contributed by atoms with E-state index >= 15 is 0 Å². The number of alkyl halides is 1. The number of nitrogens with two attached hydrogens (primary N) is 1. The van der Waals surface area contributed by atoms with Crippen molar-refractivity contribution in [3.63, 3.8) is 0 Å². The molecule has 1 aromatic carbocycles. The number of imide groups is 1. The summed E-state index contributed by atoms with van der Waals surface area (Å²) in [5.74, 6) is 0.0722. The maximum Gasteiger partial charge on any atom is 2.00 e. The van der Waals surface area contributed by atoms with Crippen LogP contribution < -0.4 is 11.1 Å². The molecule has 1 rings (SSSR count). The number of phenols is 1. The van der Waals surface area contributed by atoms with Gasteiger partial charge in [-0.2, -0.15) is 0 Å². The van der Waals surface area contributed by atoms with E-state index in [9.17, 15) is 14.7 Å². The monoisotopic (exact) mass is 568 g/mol. The number of primary amides is 1. The third kappa shape index (κ3) is 13.0. The summed E-state index contributed by atoms with van der Waals surface area (Å²) < 4.78 is -0.665. The minimum atomic E-state index is -0.814. The van der Waals surface area contributed by atoms with E-state index in [4.69, 9.17) is 5.73 Å². The van der Waals surface area contributed by atoms with Crippen LogP contribution in [0.25, 0.3) is 0 Å². The summed E-state index contributed by atoms with van der Waals surface area (Å²) in [4.78, 5) is 21.6. The summed E-state index contributed by atoms with van der Waals surface area (Å²) in [6.07, 6.45) is 8.66. The SMILES string of the molecule is CCC(Br)(CC)C(=O)NC(N)=O.CCCCCCCc1ccccc1O.[Ba+2].[H-].[H-]. The number of para-hydroxylation sites is 1. The van der Waals surface area contributed by atoms with Gasteiger partial charge in [0, 0.05) is 0 Å². The van der Waals surface area contributed by atoms with Crippen LogP contribution in [0.3, 0.4) is 0 Å². The Morgan fingerprint density at radius 2 is 1.67 bits per heavy atom. The number of aryl methyl sites for hydroxylation is 1. The molecule has 0 atom stereocenters. The quantitative estimate of drug-likeness (QED) is 0.225. The normalized spacial score (nSPS) is 10.2. The standard InChI is InChI=1S/C13H20O.C7H13BrN2O2.Ba.2H/c1-2-3-4-5-6-9-12-10-7-8-11-13(12)14;1-3-7(8,4-2)5(11)10-6(9)12;;;/h7-8,10-11,14H,2-6,9H2,1H3;3-4H2,1-2H3,(H3,9,10,11,12);;;/q;;+2;2*-1. The fraction of sp³-hybridized carbons (Fsp3) is 0.600. The number of carbonyl (C=O) groups excluding carboxylic acids is 2. The zero-order chi connectivity index (χ0) is 20.0. The van der Waals surface area contributed by atoms with Crippen LogP contribution in [0.1, 0.15) is 74.1 Å². The van der Waals surface area contributed by atoms with Crippen LogP contribution in [0.15, 0.2) is 24.3 Å². The molecule has 0 aliphatic rings. The first-order valence-electron chi connectivity index (χ1n) is 9.37. The predicted molar refractivity (Wildman–Crippen MR) is 119 cm³/mol. The number of phenolic OH excluding ortho intramolecular Hbond substituents is 1. The van der Waals surface area contributed by atoms with Gasteiger partial charge in [0.1, 0.15) is 10.1 Å². The number of rotatable bonds is 9. The molecule has 0 bridgehead atoms. The number of halogens is 1. The van der Waals surface area contributed by atoms with Crippen LogP contribution in [0.2, 0.25) is 0 Å². The molecular formula is C20H35BaBrN2O3. The van der Waals surface area contributed by atoms with Gasteiger partial charge >= 0.3 is 54.9 Å². The summed E-state index contributed by atoms with van der Waals surface area (Å²) in [5.41, 5.74) is 5.89. The van der Waals surface area contributed by atoms with Crippen LogP contribution in [0.5, 0.6) is 5.75 Å². The molecule has 27 heavy (non-hydrogen) atoms. The van der Waals surface area contributed by atoms with Gasteiger partial charge < -0.3 is 13.7 Å². The van der Waals surface area contributed by atoms with Gasteiger partial charge in [0.05, 0.1) is 0 Å². The number of hydrogen-bond donors (Lipinski definition) is 3. The smallest absolute Gasteiger partial charge is 1.00 e. The Morgan fingerprint density at radius 3 is 2.15 bits per heavy atom. The number of benzene rings is 1. The van der Waals surface area contributed by atoms with Crippen molar-refractivity contribution < 1.29 is 17.5 Å². The van der Waals surface area contributed by atoms with Gasteiger partial charge in [-0.3, -0.25) is 10.1 Å². The van der Waals surface area contributed by atoms with Crippen molar-refractivity contribution in [2.75, 3.05) is 0 Å². The molecule has 0 saturated carbocycles. The van der Waals surface area contributed by atoms with Crippen molar-refractivity contribution in [3.05, 3.63) is 29.8 Å². The van der Waals surface area contributed by atoms with Crippen molar-refractivity contribution in [1.29, 1.82) is 0 Å². The third-order valence-electron chi connectivity index (χ3n) is 4.31. The van der Waals surface area contributed by atoms with E-state index in [1.54, 1.807) is 6.07 Å². The third-order valence-corrected chi connectivity index (χ3v) is 5.79. The van der Waals surface area contributed by atoms with Crippen LogP contribution >= 0.6 is 15.9 Å². The number of carbonyl (C=O) groups is 2. The summed E-state index contributed by atoms with van der Waals surface area (Å²) in [7, 11) is 0. The van der Waals surface area contributed by atoms with Crippen molar-refractivity contribution in [1.82, 2.24) is 5.32 Å².